The molecule has 2 amide bonds. The van der Waals surface area contributed by atoms with Gasteiger partial charge in [0.05, 0.1) is 11.9 Å². The summed E-state index contributed by atoms with van der Waals surface area (Å²) >= 11 is 0. The van der Waals surface area contributed by atoms with Crippen molar-refractivity contribution in [2.45, 2.75) is 26.4 Å². The van der Waals surface area contributed by atoms with E-state index >= 15 is 0 Å². The lowest BCUT2D eigenvalue weighted by atomic mass is 10.1. The standard InChI is InChI=1S/C21H26FN3O4S/c1-15-5-11-19(12-6-15)25(30(4,28)29)14-20(26)24(16(2)21(27)23-3)13-17-7-9-18(22)10-8-17/h5-12,16H,13-14H2,1-4H3,(H,23,27)/t16-/m1/s1. The second kappa shape index (κ2) is 9.71. The molecule has 0 unspecified atom stereocenters. The van der Waals surface area contributed by atoms with Crippen LogP contribution in [0.2, 0.25) is 0 Å². The molecule has 2 aromatic carbocycles. The van der Waals surface area contributed by atoms with E-state index in [0.29, 0.717) is 11.3 Å². The Hall–Kier alpha value is -2.94. The van der Waals surface area contributed by atoms with Gasteiger partial charge in [0.2, 0.25) is 21.8 Å². The number of nitrogens with zero attached hydrogens (tertiary/aromatic N) is 2. The molecule has 0 aromatic heterocycles. The highest BCUT2D eigenvalue weighted by Gasteiger charge is 2.29. The summed E-state index contributed by atoms with van der Waals surface area (Å²) in [7, 11) is -2.30. The first-order valence-electron chi connectivity index (χ1n) is 9.33. The number of anilines is 1. The van der Waals surface area contributed by atoms with Crippen molar-refractivity contribution in [3.05, 3.63) is 65.5 Å². The van der Waals surface area contributed by atoms with Gasteiger partial charge in [-0.2, -0.15) is 0 Å². The minimum absolute atomic E-state index is 0.0270. The summed E-state index contributed by atoms with van der Waals surface area (Å²) in [4.78, 5) is 26.6. The lowest BCUT2D eigenvalue weighted by Crippen LogP contribution is -2.50. The maximum Gasteiger partial charge on any atom is 0.244 e. The van der Waals surface area contributed by atoms with Crippen LogP contribution in [0.4, 0.5) is 10.1 Å². The normalized spacial score (nSPS) is 12.2. The van der Waals surface area contributed by atoms with E-state index in [1.807, 2.05) is 6.92 Å². The number of sulfonamides is 1. The van der Waals surface area contributed by atoms with E-state index in [1.165, 1.54) is 36.2 Å². The molecule has 0 bridgehead atoms. The van der Waals surface area contributed by atoms with E-state index < -0.39 is 40.2 Å². The zero-order chi connectivity index (χ0) is 22.5. The fourth-order valence-electron chi connectivity index (χ4n) is 2.90. The van der Waals surface area contributed by atoms with Crippen LogP contribution in [-0.2, 0) is 26.2 Å². The molecule has 30 heavy (non-hydrogen) atoms. The van der Waals surface area contributed by atoms with Crippen molar-refractivity contribution in [3.63, 3.8) is 0 Å². The average molecular weight is 436 g/mol. The maximum atomic E-state index is 13.2. The number of carbonyl (C=O) groups is 2. The van der Waals surface area contributed by atoms with E-state index in [0.717, 1.165) is 16.1 Å². The molecule has 0 heterocycles. The fourth-order valence-corrected chi connectivity index (χ4v) is 3.75. The van der Waals surface area contributed by atoms with Gasteiger partial charge in [-0.05, 0) is 43.7 Å². The summed E-state index contributed by atoms with van der Waals surface area (Å²) in [5.41, 5.74) is 1.91. The predicted molar refractivity (Wildman–Crippen MR) is 114 cm³/mol. The zero-order valence-corrected chi connectivity index (χ0v) is 18.2. The summed E-state index contributed by atoms with van der Waals surface area (Å²) < 4.78 is 39.0. The third kappa shape index (κ3) is 6.03. The number of hydrogen-bond acceptors (Lipinski definition) is 4. The van der Waals surface area contributed by atoms with Gasteiger partial charge < -0.3 is 10.2 Å². The fraction of sp³-hybridized carbons (Fsp3) is 0.333. The van der Waals surface area contributed by atoms with Gasteiger partial charge in [-0.3, -0.25) is 13.9 Å². The van der Waals surface area contributed by atoms with Crippen LogP contribution in [0.15, 0.2) is 48.5 Å². The monoisotopic (exact) mass is 435 g/mol. The van der Waals surface area contributed by atoms with E-state index in [9.17, 15) is 22.4 Å². The van der Waals surface area contributed by atoms with Crippen molar-refractivity contribution in [2.24, 2.45) is 0 Å². The first-order valence-corrected chi connectivity index (χ1v) is 11.2. The van der Waals surface area contributed by atoms with Crippen LogP contribution in [0, 0.1) is 12.7 Å². The molecule has 9 heteroatoms. The Bertz CT molecular complexity index is 992. The topological polar surface area (TPSA) is 86.8 Å². The summed E-state index contributed by atoms with van der Waals surface area (Å²) in [6.45, 7) is 2.98. The smallest absolute Gasteiger partial charge is 0.244 e. The molecule has 7 nitrogen and oxygen atoms in total. The highest BCUT2D eigenvalue weighted by atomic mass is 32.2. The van der Waals surface area contributed by atoms with Crippen molar-refractivity contribution in [1.82, 2.24) is 10.2 Å². The lowest BCUT2D eigenvalue weighted by molar-refractivity contribution is -0.139. The van der Waals surface area contributed by atoms with Gasteiger partial charge in [0.25, 0.3) is 0 Å². The molecule has 1 atom stereocenters. The Morgan fingerprint density at radius 2 is 1.63 bits per heavy atom. The predicted octanol–water partition coefficient (Wildman–Crippen LogP) is 2.06. The Kier molecular flexibility index (Phi) is 7.55. The second-order valence-corrected chi connectivity index (χ2v) is 8.95. The number of carbonyl (C=O) groups excluding carboxylic acids is 2. The van der Waals surface area contributed by atoms with Crippen molar-refractivity contribution in [2.75, 3.05) is 24.2 Å². The molecule has 0 radical (unpaired) electrons. The average Bonchev–Trinajstić information content (AvgIpc) is 2.70. The molecule has 2 rings (SSSR count). The van der Waals surface area contributed by atoms with Crippen molar-refractivity contribution < 1.29 is 22.4 Å². The third-order valence-corrected chi connectivity index (χ3v) is 5.82. The quantitative estimate of drug-likeness (QED) is 0.688. The van der Waals surface area contributed by atoms with Gasteiger partial charge in [-0.15, -0.1) is 0 Å². The van der Waals surface area contributed by atoms with Crippen LogP contribution in [0.3, 0.4) is 0 Å². The molecule has 162 valence electrons. The van der Waals surface area contributed by atoms with Crippen LogP contribution in [0.1, 0.15) is 18.1 Å². The minimum Gasteiger partial charge on any atom is -0.357 e. The zero-order valence-electron chi connectivity index (χ0n) is 17.4. The Morgan fingerprint density at radius 1 is 1.07 bits per heavy atom. The Labute approximate surface area is 176 Å². The van der Waals surface area contributed by atoms with Gasteiger partial charge in [-0.25, -0.2) is 12.8 Å². The number of nitrogens with one attached hydrogen (secondary N) is 1. The molecule has 0 saturated carbocycles. The highest BCUT2D eigenvalue weighted by Crippen LogP contribution is 2.19. The molecule has 0 aliphatic carbocycles. The SMILES string of the molecule is CNC(=O)[C@@H](C)N(Cc1ccc(F)cc1)C(=O)CN(c1ccc(C)cc1)S(C)(=O)=O. The first-order chi connectivity index (χ1) is 14.0. The molecule has 2 aromatic rings. The highest BCUT2D eigenvalue weighted by molar-refractivity contribution is 7.92. The molecule has 0 spiro atoms. The minimum atomic E-state index is -3.75. The van der Waals surface area contributed by atoms with Gasteiger partial charge in [0, 0.05) is 13.6 Å². The number of amides is 2. The van der Waals surface area contributed by atoms with Gasteiger partial charge in [0.15, 0.2) is 0 Å². The molecule has 1 N–H and O–H groups in total. The van der Waals surface area contributed by atoms with Gasteiger partial charge in [0.1, 0.15) is 18.4 Å². The molecular weight excluding hydrogens is 409 g/mol. The van der Waals surface area contributed by atoms with Gasteiger partial charge in [-0.1, -0.05) is 29.8 Å². The van der Waals surface area contributed by atoms with Crippen LogP contribution < -0.4 is 9.62 Å². The van der Waals surface area contributed by atoms with Crippen molar-refractivity contribution >= 4 is 27.5 Å². The number of hydrogen-bond donors (Lipinski definition) is 1. The molecular formula is C21H26FN3O4S. The van der Waals surface area contributed by atoms with Crippen LogP contribution >= 0.6 is 0 Å². The summed E-state index contributed by atoms with van der Waals surface area (Å²) in [5, 5.41) is 2.49. The van der Waals surface area contributed by atoms with Crippen LogP contribution in [-0.4, -0.2) is 51.0 Å². The van der Waals surface area contributed by atoms with Crippen LogP contribution in [0.5, 0.6) is 0 Å². The summed E-state index contributed by atoms with van der Waals surface area (Å²) in [6, 6.07) is 11.4. The maximum absolute atomic E-state index is 13.2. The largest absolute Gasteiger partial charge is 0.357 e. The van der Waals surface area contributed by atoms with E-state index in [1.54, 1.807) is 31.2 Å². The number of aryl methyl sites for hydroxylation is 1. The Balaban J connectivity index is 2.35. The summed E-state index contributed by atoms with van der Waals surface area (Å²) in [6.07, 6.45) is 1.02. The lowest BCUT2D eigenvalue weighted by Gasteiger charge is -2.31. The molecule has 0 aliphatic heterocycles. The molecule has 0 aliphatic rings. The first kappa shape index (κ1) is 23.3. The van der Waals surface area contributed by atoms with Crippen molar-refractivity contribution in [1.29, 1.82) is 0 Å². The number of likely N-dealkylation sites (N-methyl/N-ethyl adjacent to an activating group) is 1. The third-order valence-electron chi connectivity index (χ3n) is 4.68. The number of rotatable bonds is 8. The molecule has 0 saturated heterocycles. The Morgan fingerprint density at radius 3 is 2.13 bits per heavy atom. The second-order valence-electron chi connectivity index (χ2n) is 7.04. The van der Waals surface area contributed by atoms with E-state index in [-0.39, 0.29) is 6.54 Å². The van der Waals surface area contributed by atoms with Crippen LogP contribution in [0.25, 0.3) is 0 Å². The van der Waals surface area contributed by atoms with E-state index in [2.05, 4.69) is 5.32 Å². The van der Waals surface area contributed by atoms with Gasteiger partial charge >= 0.3 is 0 Å². The van der Waals surface area contributed by atoms with E-state index in [4.69, 9.17) is 0 Å². The van der Waals surface area contributed by atoms with Crippen molar-refractivity contribution in [3.8, 4) is 0 Å². The summed E-state index contributed by atoms with van der Waals surface area (Å²) in [5.74, 6) is -1.37. The molecule has 0 fully saturated rings. The number of halogens is 1. The number of benzene rings is 2.